The number of sulfonamides is 1. The lowest BCUT2D eigenvalue weighted by atomic mass is 9.59. The average molecular weight is 1060 g/mol. The van der Waals surface area contributed by atoms with Crippen molar-refractivity contribution in [2.75, 3.05) is 76.6 Å². The third-order valence-corrected chi connectivity index (χ3v) is 17.3. The Labute approximate surface area is 440 Å². The number of hydrogen-bond donors (Lipinski definition) is 3. The molecule has 1 atom stereocenters. The van der Waals surface area contributed by atoms with Gasteiger partial charge in [-0.1, -0.05) is 50.2 Å². The number of H-pyrrole nitrogens is 1. The number of nitrogens with one attached hydrogen (secondary N) is 3. The number of rotatable bonds is 16. The summed E-state index contributed by atoms with van der Waals surface area (Å²) in [7, 11) is -3.22. The lowest BCUT2D eigenvalue weighted by Crippen LogP contribution is -2.60. The first-order chi connectivity index (χ1) is 36.7. The summed E-state index contributed by atoms with van der Waals surface area (Å²) in [6, 6.07) is 24.0. The minimum atomic E-state index is -4.91. The van der Waals surface area contributed by atoms with Crippen LogP contribution in [0.15, 0.2) is 96.3 Å². The molecule has 5 aliphatic rings. The van der Waals surface area contributed by atoms with Crippen LogP contribution in [0.1, 0.15) is 91.4 Å². The van der Waals surface area contributed by atoms with E-state index in [1.165, 1.54) is 29.1 Å². The van der Waals surface area contributed by atoms with Crippen molar-refractivity contribution in [1.82, 2.24) is 29.5 Å². The van der Waals surface area contributed by atoms with Crippen LogP contribution in [0, 0.1) is 15.5 Å². The Morgan fingerprint density at radius 2 is 1.71 bits per heavy atom. The Kier molecular flexibility index (Phi) is 14.0. The molecule has 1 spiro atoms. The summed E-state index contributed by atoms with van der Waals surface area (Å²) in [5, 5.41) is 16.0. The van der Waals surface area contributed by atoms with E-state index in [0.717, 1.165) is 69.1 Å². The fraction of sp³-hybridized carbons (Fsp3) is 0.436. The van der Waals surface area contributed by atoms with Gasteiger partial charge in [-0.05, 0) is 78.0 Å². The number of carbonyl (C=O) groups is 1. The first kappa shape index (κ1) is 51.1. The molecule has 1 amide bonds. The molecular formula is C55H62FN9O10S. The van der Waals surface area contributed by atoms with Crippen LogP contribution in [-0.2, 0) is 21.3 Å². The van der Waals surface area contributed by atoms with Crippen molar-refractivity contribution in [2.24, 2.45) is 5.41 Å². The van der Waals surface area contributed by atoms with Crippen LogP contribution in [0.3, 0.4) is 0 Å². The standard InChI is InChI=1S/C55H62FN9O10S/c1-35(2)41-6-4-5-7-42(41)45-32-62(31-36-8-10-39(71-3)11-9-36)20-21-64(45)38-27-54(28-38)13-18-63(19-14-54)48-26-46(75-40-24-37-12-17-57-52(37)59-29-40)43(30-58-48)53(66)61-76(69,70)47-25-44(65(67)68)49(51-50(47)73-34-74-51)60-33-55(56)15-22-72-23-16-55/h4-12,17,24-26,29-30,35,38,45,60H,13-16,18-23,27-28,31-34H2,1-3H3,(H,57,59)(H,61,66). The lowest BCUT2D eigenvalue weighted by molar-refractivity contribution is -0.384. The van der Waals surface area contributed by atoms with E-state index in [1.807, 2.05) is 18.2 Å². The highest BCUT2D eigenvalue weighted by Crippen LogP contribution is 2.54. The number of aromatic amines is 1. The molecule has 19 nitrogen and oxygen atoms in total. The normalized spacial score (nSPS) is 19.6. The Morgan fingerprint density at radius 1 is 0.947 bits per heavy atom. The number of nitrogens with zero attached hydrogens (tertiary/aromatic N) is 6. The number of halogens is 1. The topological polar surface area (TPSA) is 216 Å². The number of amides is 1. The maximum Gasteiger partial charge on any atom is 0.297 e. The highest BCUT2D eigenvalue weighted by atomic mass is 32.2. The number of nitro benzene ring substituents is 1. The quantitative estimate of drug-likeness (QED) is 0.0609. The summed E-state index contributed by atoms with van der Waals surface area (Å²) >= 11 is 0. The smallest absolute Gasteiger partial charge is 0.297 e. The van der Waals surface area contributed by atoms with Gasteiger partial charge in [0.15, 0.2) is 17.2 Å². The molecular weight excluding hydrogens is 998 g/mol. The minimum Gasteiger partial charge on any atom is -0.497 e. The van der Waals surface area contributed by atoms with Crippen LogP contribution in [0.2, 0.25) is 0 Å². The second kappa shape index (κ2) is 20.8. The van der Waals surface area contributed by atoms with Crippen LogP contribution < -0.4 is 33.9 Å². The molecule has 4 fully saturated rings. The molecule has 3 saturated heterocycles. The van der Waals surface area contributed by atoms with Crippen molar-refractivity contribution in [3.05, 3.63) is 124 Å². The fourth-order valence-electron chi connectivity index (χ4n) is 11.7. The molecule has 1 aliphatic carbocycles. The second-order valence-corrected chi connectivity index (χ2v) is 22.7. The number of hydrogen-bond acceptors (Lipinski definition) is 16. The Balaban J connectivity index is 0.807. The molecule has 4 aliphatic heterocycles. The molecule has 3 aromatic carbocycles. The molecule has 7 heterocycles. The zero-order valence-electron chi connectivity index (χ0n) is 42.8. The van der Waals surface area contributed by atoms with Crippen LogP contribution in [0.5, 0.6) is 28.7 Å². The number of piperidine rings is 1. The van der Waals surface area contributed by atoms with Crippen LogP contribution in [-0.4, -0.2) is 122 Å². The molecule has 3 aromatic heterocycles. The van der Waals surface area contributed by atoms with E-state index in [4.69, 9.17) is 28.7 Å². The maximum absolute atomic E-state index is 15.6. The van der Waals surface area contributed by atoms with E-state index in [2.05, 4.69) is 85.0 Å². The summed E-state index contributed by atoms with van der Waals surface area (Å²) in [5.41, 5.74) is 1.95. The molecule has 3 N–H and O–H groups in total. The van der Waals surface area contributed by atoms with Gasteiger partial charge in [-0.2, -0.15) is 0 Å². The number of fused-ring (bicyclic) bond motifs is 2. The Bertz CT molecular complexity index is 3250. The maximum atomic E-state index is 15.6. The van der Waals surface area contributed by atoms with Gasteiger partial charge in [0, 0.05) is 114 Å². The SMILES string of the molecule is COc1ccc(CN2CCN(C3CC4(CCN(c5cc(Oc6cnc7[nH]ccc7c6)c(C(=O)NS(=O)(=O)c6cc([N+](=O)[O-])c(NCC7(F)CCOCC7)c7c6OCO7)cn5)CC4)C3)C(c3ccccc3C(C)C)C2)cc1. The van der Waals surface area contributed by atoms with Gasteiger partial charge in [0.2, 0.25) is 6.79 Å². The van der Waals surface area contributed by atoms with E-state index >= 15 is 4.39 Å². The highest BCUT2D eigenvalue weighted by molar-refractivity contribution is 7.90. The zero-order chi connectivity index (χ0) is 52.8. The number of ether oxygens (including phenoxy) is 5. The molecule has 76 heavy (non-hydrogen) atoms. The zero-order valence-corrected chi connectivity index (χ0v) is 43.6. The van der Waals surface area contributed by atoms with E-state index < -0.39 is 43.9 Å². The van der Waals surface area contributed by atoms with Crippen molar-refractivity contribution in [1.29, 1.82) is 0 Å². The van der Waals surface area contributed by atoms with Gasteiger partial charge in [0.1, 0.15) is 44.8 Å². The van der Waals surface area contributed by atoms with Crippen molar-refractivity contribution < 1.29 is 46.2 Å². The van der Waals surface area contributed by atoms with E-state index in [-0.39, 0.29) is 78.3 Å². The third-order valence-electron chi connectivity index (χ3n) is 16.0. The first-order valence-electron chi connectivity index (χ1n) is 25.9. The van der Waals surface area contributed by atoms with Crippen LogP contribution >= 0.6 is 0 Å². The van der Waals surface area contributed by atoms with Gasteiger partial charge in [-0.3, -0.25) is 24.7 Å². The van der Waals surface area contributed by atoms with Crippen molar-refractivity contribution in [2.45, 2.75) is 87.5 Å². The fourth-order valence-corrected chi connectivity index (χ4v) is 12.8. The summed E-state index contributed by atoms with van der Waals surface area (Å²) in [6.07, 6.45) is 8.71. The average Bonchev–Trinajstić information content (AvgIpc) is 4.11. The van der Waals surface area contributed by atoms with Crippen LogP contribution in [0.4, 0.5) is 21.6 Å². The number of methoxy groups -OCH3 is 1. The monoisotopic (exact) mass is 1060 g/mol. The number of carbonyl (C=O) groups excluding carboxylic acids is 1. The largest absolute Gasteiger partial charge is 0.497 e. The van der Waals surface area contributed by atoms with Gasteiger partial charge in [-0.25, -0.2) is 27.5 Å². The molecule has 1 unspecified atom stereocenters. The number of anilines is 2. The predicted molar refractivity (Wildman–Crippen MR) is 282 cm³/mol. The number of piperazine rings is 1. The van der Waals surface area contributed by atoms with Gasteiger partial charge in [0.05, 0.1) is 18.2 Å². The number of alkyl halides is 1. The molecule has 6 aromatic rings. The third kappa shape index (κ3) is 10.3. The summed E-state index contributed by atoms with van der Waals surface area (Å²) in [6.45, 7) is 9.31. The van der Waals surface area contributed by atoms with Gasteiger partial charge in [-0.15, -0.1) is 0 Å². The molecule has 1 saturated carbocycles. The summed E-state index contributed by atoms with van der Waals surface area (Å²) in [4.78, 5) is 44.9. The van der Waals surface area contributed by atoms with E-state index in [9.17, 15) is 23.3 Å². The summed E-state index contributed by atoms with van der Waals surface area (Å²) in [5.74, 6) is 0.319. The molecule has 11 rings (SSSR count). The van der Waals surface area contributed by atoms with Gasteiger partial charge >= 0.3 is 0 Å². The van der Waals surface area contributed by atoms with Crippen molar-refractivity contribution in [3.8, 4) is 28.7 Å². The first-order valence-corrected chi connectivity index (χ1v) is 27.4. The number of benzene rings is 3. The predicted octanol–water partition coefficient (Wildman–Crippen LogP) is 8.88. The molecule has 21 heteroatoms. The van der Waals surface area contributed by atoms with Crippen LogP contribution in [0.25, 0.3) is 11.0 Å². The highest BCUT2D eigenvalue weighted by Gasteiger charge is 2.50. The Morgan fingerprint density at radius 3 is 2.46 bits per heavy atom. The molecule has 0 radical (unpaired) electrons. The number of pyridine rings is 2. The summed E-state index contributed by atoms with van der Waals surface area (Å²) < 4.78 is 74.2. The number of nitro groups is 1. The minimum absolute atomic E-state index is 0.0147. The van der Waals surface area contributed by atoms with Gasteiger partial charge in [0.25, 0.3) is 21.6 Å². The second-order valence-electron chi connectivity index (χ2n) is 21.0. The lowest BCUT2D eigenvalue weighted by Gasteiger charge is -2.58. The van der Waals surface area contributed by atoms with Gasteiger partial charge < -0.3 is 38.9 Å². The Hall–Kier alpha value is -7.07. The van der Waals surface area contributed by atoms with E-state index in [1.54, 1.807) is 25.4 Å². The molecule has 0 bridgehead atoms. The number of aromatic nitrogens is 3. The van der Waals surface area contributed by atoms with Crippen molar-refractivity contribution in [3.63, 3.8) is 0 Å². The molecule has 400 valence electrons. The van der Waals surface area contributed by atoms with E-state index in [0.29, 0.717) is 36.5 Å². The van der Waals surface area contributed by atoms with Crippen molar-refractivity contribution >= 4 is 44.2 Å².